The summed E-state index contributed by atoms with van der Waals surface area (Å²) in [5.41, 5.74) is 1.12. The third kappa shape index (κ3) is 3.18. The lowest BCUT2D eigenvalue weighted by molar-refractivity contribution is -0.117. The zero-order valence-electron chi connectivity index (χ0n) is 12.8. The minimum Gasteiger partial charge on any atom is -0.493 e. The second-order valence-electron chi connectivity index (χ2n) is 5.24. The zero-order chi connectivity index (χ0) is 16.2. The van der Waals surface area contributed by atoms with Crippen molar-refractivity contribution in [2.75, 3.05) is 18.6 Å². The highest BCUT2D eigenvalue weighted by Crippen LogP contribution is 2.27. The van der Waals surface area contributed by atoms with E-state index in [1.165, 1.54) is 7.11 Å². The minimum atomic E-state index is -0.483. The van der Waals surface area contributed by atoms with Gasteiger partial charge in [0.05, 0.1) is 12.7 Å². The molecule has 0 bridgehead atoms. The van der Waals surface area contributed by atoms with Crippen LogP contribution in [-0.4, -0.2) is 25.5 Å². The molecule has 0 atom stereocenters. The molecule has 1 heterocycles. The predicted octanol–water partition coefficient (Wildman–Crippen LogP) is 3.04. The predicted molar refractivity (Wildman–Crippen MR) is 86.0 cm³/mol. The van der Waals surface area contributed by atoms with E-state index in [4.69, 9.17) is 9.47 Å². The number of hydrogen-bond acceptors (Lipinski definition) is 4. The van der Waals surface area contributed by atoms with Crippen LogP contribution >= 0.6 is 0 Å². The van der Waals surface area contributed by atoms with E-state index in [0.29, 0.717) is 30.0 Å². The van der Waals surface area contributed by atoms with E-state index in [2.05, 4.69) is 0 Å². The average molecular weight is 311 g/mol. The van der Waals surface area contributed by atoms with Gasteiger partial charge in [0.2, 0.25) is 5.91 Å². The van der Waals surface area contributed by atoms with Gasteiger partial charge in [0.15, 0.2) is 11.5 Å². The molecule has 1 saturated heterocycles. The number of hydrogen-bond donors (Lipinski definition) is 0. The van der Waals surface area contributed by atoms with E-state index >= 15 is 0 Å². The highest BCUT2D eigenvalue weighted by Gasteiger charge is 2.22. The first kappa shape index (κ1) is 15.1. The monoisotopic (exact) mass is 311 g/mol. The number of anilines is 1. The number of methoxy groups -OCH3 is 1. The zero-order valence-corrected chi connectivity index (χ0v) is 12.8. The fraction of sp³-hybridized carbons (Fsp3) is 0.222. The standard InChI is InChI=1S/C18H17NO4/c1-22-15-8-2-3-9-16(15)23-18(21)13-6-4-7-14(12-13)19-11-5-10-17(19)20/h2-4,6-9,12H,5,10-11H2,1H3. The van der Waals surface area contributed by atoms with Gasteiger partial charge in [0.25, 0.3) is 0 Å². The lowest BCUT2D eigenvalue weighted by Crippen LogP contribution is -2.24. The van der Waals surface area contributed by atoms with Gasteiger partial charge < -0.3 is 14.4 Å². The summed E-state index contributed by atoms with van der Waals surface area (Å²) in [7, 11) is 1.52. The molecule has 5 nitrogen and oxygen atoms in total. The largest absolute Gasteiger partial charge is 0.493 e. The van der Waals surface area contributed by atoms with Crippen molar-refractivity contribution in [3.05, 3.63) is 54.1 Å². The second kappa shape index (κ2) is 6.52. The molecule has 2 aromatic carbocycles. The van der Waals surface area contributed by atoms with Crippen LogP contribution in [0.1, 0.15) is 23.2 Å². The van der Waals surface area contributed by atoms with Gasteiger partial charge in [-0.1, -0.05) is 18.2 Å². The number of esters is 1. The molecule has 118 valence electrons. The Morgan fingerprint density at radius 2 is 1.87 bits per heavy atom. The molecule has 1 aliphatic heterocycles. The molecule has 3 rings (SSSR count). The first-order chi connectivity index (χ1) is 11.2. The van der Waals surface area contributed by atoms with Crippen LogP contribution in [0.15, 0.2) is 48.5 Å². The summed E-state index contributed by atoms with van der Waals surface area (Å²) in [6.45, 7) is 0.684. The Labute approximate surface area is 134 Å². The van der Waals surface area contributed by atoms with Gasteiger partial charge in [-0.15, -0.1) is 0 Å². The van der Waals surface area contributed by atoms with Crippen molar-refractivity contribution >= 4 is 17.6 Å². The number of carbonyl (C=O) groups excluding carboxylic acids is 2. The quantitative estimate of drug-likeness (QED) is 0.643. The lowest BCUT2D eigenvalue weighted by Gasteiger charge is -2.16. The molecule has 1 amide bonds. The molecule has 0 spiro atoms. The summed E-state index contributed by atoms with van der Waals surface area (Å²) in [6.07, 6.45) is 1.39. The van der Waals surface area contributed by atoms with Crippen LogP contribution in [0.25, 0.3) is 0 Å². The number of rotatable bonds is 4. The molecule has 0 radical (unpaired) electrons. The van der Waals surface area contributed by atoms with E-state index in [0.717, 1.165) is 12.1 Å². The topological polar surface area (TPSA) is 55.8 Å². The van der Waals surface area contributed by atoms with Crippen molar-refractivity contribution < 1.29 is 19.1 Å². The fourth-order valence-electron chi connectivity index (χ4n) is 2.58. The van der Waals surface area contributed by atoms with E-state index < -0.39 is 5.97 Å². The van der Waals surface area contributed by atoms with Crippen molar-refractivity contribution in [3.8, 4) is 11.5 Å². The van der Waals surface area contributed by atoms with Crippen LogP contribution in [0, 0.1) is 0 Å². The fourth-order valence-corrected chi connectivity index (χ4v) is 2.58. The lowest BCUT2D eigenvalue weighted by atomic mass is 10.2. The van der Waals surface area contributed by atoms with Gasteiger partial charge in [-0.2, -0.15) is 0 Å². The van der Waals surface area contributed by atoms with Gasteiger partial charge >= 0.3 is 5.97 Å². The Morgan fingerprint density at radius 1 is 1.09 bits per heavy atom. The molecule has 5 heteroatoms. The van der Waals surface area contributed by atoms with Gasteiger partial charge in [-0.05, 0) is 36.8 Å². The van der Waals surface area contributed by atoms with Gasteiger partial charge in [0.1, 0.15) is 0 Å². The van der Waals surface area contributed by atoms with Crippen molar-refractivity contribution in [2.45, 2.75) is 12.8 Å². The summed E-state index contributed by atoms with van der Waals surface area (Å²) in [5, 5.41) is 0. The van der Waals surface area contributed by atoms with E-state index in [9.17, 15) is 9.59 Å². The van der Waals surface area contributed by atoms with Crippen molar-refractivity contribution in [3.63, 3.8) is 0 Å². The highest BCUT2D eigenvalue weighted by molar-refractivity contribution is 5.98. The average Bonchev–Trinajstić information content (AvgIpc) is 3.01. The first-order valence-corrected chi connectivity index (χ1v) is 7.44. The molecule has 2 aromatic rings. The van der Waals surface area contributed by atoms with Crippen LogP contribution in [0.2, 0.25) is 0 Å². The van der Waals surface area contributed by atoms with Crippen molar-refractivity contribution in [1.29, 1.82) is 0 Å². The summed E-state index contributed by atoms with van der Waals surface area (Å²) in [6, 6.07) is 13.9. The van der Waals surface area contributed by atoms with Crippen molar-refractivity contribution in [2.24, 2.45) is 0 Å². The molecule has 1 aliphatic rings. The molecule has 0 aliphatic carbocycles. The molecule has 0 unspecified atom stereocenters. The number of para-hydroxylation sites is 2. The van der Waals surface area contributed by atoms with Crippen LogP contribution in [0.3, 0.4) is 0 Å². The van der Waals surface area contributed by atoms with Crippen LogP contribution in [-0.2, 0) is 4.79 Å². The molecule has 0 N–H and O–H groups in total. The number of nitrogens with zero attached hydrogens (tertiary/aromatic N) is 1. The molecule has 0 aromatic heterocycles. The number of carbonyl (C=O) groups is 2. The number of benzene rings is 2. The second-order valence-corrected chi connectivity index (χ2v) is 5.24. The highest BCUT2D eigenvalue weighted by atomic mass is 16.6. The molecule has 1 fully saturated rings. The SMILES string of the molecule is COc1ccccc1OC(=O)c1cccc(N2CCCC2=O)c1. The maximum absolute atomic E-state index is 12.3. The number of ether oxygens (including phenoxy) is 2. The van der Waals surface area contributed by atoms with E-state index in [1.54, 1.807) is 47.4 Å². The summed E-state index contributed by atoms with van der Waals surface area (Å²) in [4.78, 5) is 25.9. The van der Waals surface area contributed by atoms with Gasteiger partial charge in [-0.3, -0.25) is 4.79 Å². The summed E-state index contributed by atoms with van der Waals surface area (Å²) in [5.74, 6) is 0.456. The number of amides is 1. The van der Waals surface area contributed by atoms with Crippen LogP contribution < -0.4 is 14.4 Å². The third-order valence-corrected chi connectivity index (χ3v) is 3.74. The summed E-state index contributed by atoms with van der Waals surface area (Å²) < 4.78 is 10.6. The maximum atomic E-state index is 12.3. The first-order valence-electron chi connectivity index (χ1n) is 7.44. The van der Waals surface area contributed by atoms with Crippen LogP contribution in [0.5, 0.6) is 11.5 Å². The maximum Gasteiger partial charge on any atom is 0.343 e. The third-order valence-electron chi connectivity index (χ3n) is 3.74. The Morgan fingerprint density at radius 3 is 2.57 bits per heavy atom. The molecule has 0 saturated carbocycles. The molecule has 23 heavy (non-hydrogen) atoms. The van der Waals surface area contributed by atoms with Crippen molar-refractivity contribution in [1.82, 2.24) is 0 Å². The Hall–Kier alpha value is -2.82. The summed E-state index contributed by atoms with van der Waals surface area (Å²) >= 11 is 0. The Bertz CT molecular complexity index is 741. The van der Waals surface area contributed by atoms with Crippen LogP contribution in [0.4, 0.5) is 5.69 Å². The normalized spacial score (nSPS) is 14.0. The Balaban J connectivity index is 1.81. The van der Waals surface area contributed by atoms with Gasteiger partial charge in [0, 0.05) is 18.7 Å². The molecular weight excluding hydrogens is 294 g/mol. The molecular formula is C18H17NO4. The van der Waals surface area contributed by atoms with E-state index in [1.807, 2.05) is 6.07 Å². The van der Waals surface area contributed by atoms with E-state index in [-0.39, 0.29) is 5.91 Å². The smallest absolute Gasteiger partial charge is 0.343 e. The van der Waals surface area contributed by atoms with Gasteiger partial charge in [-0.25, -0.2) is 4.79 Å². The minimum absolute atomic E-state index is 0.0836. The Kier molecular flexibility index (Phi) is 4.28.